The molecule has 1 N–H and O–H groups in total. The van der Waals surface area contributed by atoms with E-state index in [0.717, 1.165) is 56.7 Å². The summed E-state index contributed by atoms with van der Waals surface area (Å²) >= 11 is 0. The maximum Gasteiger partial charge on any atom is 0.339 e. The summed E-state index contributed by atoms with van der Waals surface area (Å²) in [6, 6.07) is 0. The first kappa shape index (κ1) is 22.3. The first-order chi connectivity index (χ1) is 15.3. The Morgan fingerprint density at radius 1 is 1.09 bits per heavy atom. The third kappa shape index (κ3) is 3.59. The lowest BCUT2D eigenvalue weighted by Gasteiger charge is -2.58. The molecule has 0 aromatic rings. The molecule has 32 heavy (non-hydrogen) atoms. The Bertz CT molecular complexity index is 842. The van der Waals surface area contributed by atoms with Gasteiger partial charge in [-0.2, -0.15) is 0 Å². The molecule has 5 nitrogen and oxygen atoms in total. The van der Waals surface area contributed by atoms with Crippen LogP contribution < -0.4 is 5.32 Å². The second kappa shape index (κ2) is 8.38. The molecule has 0 bridgehead atoms. The van der Waals surface area contributed by atoms with Gasteiger partial charge in [0.15, 0.2) is 5.78 Å². The van der Waals surface area contributed by atoms with Gasteiger partial charge < -0.3 is 10.2 Å². The van der Waals surface area contributed by atoms with E-state index >= 15 is 0 Å². The minimum absolute atomic E-state index is 0.0599. The number of fused-ring (bicyclic) bond motifs is 5. The highest BCUT2D eigenvalue weighted by atomic mass is 16.7. The summed E-state index contributed by atoms with van der Waals surface area (Å²) in [5.74, 6) is 2.68. The smallest absolute Gasteiger partial charge is 0.318 e. The van der Waals surface area contributed by atoms with Gasteiger partial charge in [0.05, 0.1) is 11.6 Å². The van der Waals surface area contributed by atoms with E-state index in [4.69, 9.17) is 4.84 Å². The fraction of sp³-hybridized carbons (Fsp3) is 0.815. The zero-order valence-electron chi connectivity index (χ0n) is 20.1. The van der Waals surface area contributed by atoms with Gasteiger partial charge in [-0.05, 0) is 106 Å². The topological polar surface area (TPSA) is 67.8 Å². The highest BCUT2D eigenvalue weighted by Gasteiger charge is 2.59. The van der Waals surface area contributed by atoms with E-state index in [9.17, 15) is 9.59 Å². The van der Waals surface area contributed by atoms with Gasteiger partial charge in [0, 0.05) is 18.9 Å². The van der Waals surface area contributed by atoms with Crippen molar-refractivity contribution in [2.24, 2.45) is 45.6 Å². The van der Waals surface area contributed by atoms with Crippen LogP contribution in [0.3, 0.4) is 0 Å². The van der Waals surface area contributed by atoms with Gasteiger partial charge in [0.25, 0.3) is 0 Å². The standard InChI is InChI=1S/C27H40N2O3/c1-17(29-32-25(31)18-5-4-14-28-16-18)22-8-9-23-21-7-6-19-15-20(30)10-12-26(19,2)24(21)11-13-27(22,23)3/h15,18,21-24,28H,4-14,16H2,1-3H3/b29-17+/t18-,21+,22-,23+,24+,26+,27-/m1/s1. The highest BCUT2D eigenvalue weighted by Crippen LogP contribution is 2.66. The molecule has 5 aliphatic rings. The minimum atomic E-state index is -0.175. The molecule has 0 radical (unpaired) electrons. The van der Waals surface area contributed by atoms with Crippen LogP contribution in [0.25, 0.3) is 0 Å². The normalized spacial score (nSPS) is 44.2. The van der Waals surface area contributed by atoms with Crippen molar-refractivity contribution in [3.63, 3.8) is 0 Å². The molecule has 4 fully saturated rings. The largest absolute Gasteiger partial charge is 0.339 e. The Labute approximate surface area is 192 Å². The van der Waals surface area contributed by atoms with Crippen molar-refractivity contribution in [1.82, 2.24) is 5.32 Å². The molecule has 0 aromatic carbocycles. The van der Waals surface area contributed by atoms with Crippen molar-refractivity contribution >= 4 is 17.5 Å². The first-order valence-corrected chi connectivity index (χ1v) is 13.0. The minimum Gasteiger partial charge on any atom is -0.318 e. The molecule has 5 rings (SSSR count). The number of allylic oxidation sites excluding steroid dienone is 1. The number of nitrogens with one attached hydrogen (secondary N) is 1. The summed E-state index contributed by atoms with van der Waals surface area (Å²) < 4.78 is 0. The molecular formula is C27H40N2O3. The van der Waals surface area contributed by atoms with E-state index in [1.165, 1.54) is 31.3 Å². The predicted molar refractivity (Wildman–Crippen MR) is 125 cm³/mol. The Morgan fingerprint density at radius 3 is 2.72 bits per heavy atom. The van der Waals surface area contributed by atoms with Crippen LogP contribution in [0.5, 0.6) is 0 Å². The van der Waals surface area contributed by atoms with Crippen LogP contribution in [-0.2, 0) is 14.4 Å². The predicted octanol–water partition coefficient (Wildman–Crippen LogP) is 5.05. The molecule has 5 heteroatoms. The molecule has 1 aliphatic heterocycles. The lowest BCUT2D eigenvalue weighted by atomic mass is 9.46. The maximum atomic E-state index is 12.5. The number of carbonyl (C=O) groups excluding carboxylic acids is 2. The molecular weight excluding hydrogens is 400 g/mol. The average molecular weight is 441 g/mol. The fourth-order valence-electron chi connectivity index (χ4n) is 8.55. The number of carbonyl (C=O) groups is 2. The zero-order valence-corrected chi connectivity index (χ0v) is 20.1. The SMILES string of the molecule is C/C(=N\OC(=O)[C@@H]1CCCNC1)[C@H]1CC[C@H]2[C@@H]3CCC4=CC(=O)CC[C@]4(C)[C@H]3CC[C@]12C. The third-order valence-electron chi connectivity index (χ3n) is 10.4. The van der Waals surface area contributed by atoms with E-state index in [-0.39, 0.29) is 22.7 Å². The molecule has 176 valence electrons. The van der Waals surface area contributed by atoms with Crippen molar-refractivity contribution in [3.8, 4) is 0 Å². The van der Waals surface area contributed by atoms with Crippen LogP contribution in [0.4, 0.5) is 0 Å². The van der Waals surface area contributed by atoms with E-state index in [0.29, 0.717) is 30.1 Å². The number of ketones is 1. The lowest BCUT2D eigenvalue weighted by molar-refractivity contribution is -0.149. The summed E-state index contributed by atoms with van der Waals surface area (Å²) in [4.78, 5) is 30.0. The number of hydrogen-bond acceptors (Lipinski definition) is 5. The Balaban J connectivity index is 1.30. The number of hydrogen-bond donors (Lipinski definition) is 1. The van der Waals surface area contributed by atoms with Crippen LogP contribution in [0.15, 0.2) is 16.8 Å². The number of nitrogens with zero attached hydrogens (tertiary/aromatic N) is 1. The van der Waals surface area contributed by atoms with E-state index in [1.54, 1.807) is 0 Å². The summed E-state index contributed by atoms with van der Waals surface area (Å²) in [6.07, 6.45) is 12.9. The second-order valence-electron chi connectivity index (χ2n) is 11.8. The fourth-order valence-corrected chi connectivity index (χ4v) is 8.55. The van der Waals surface area contributed by atoms with E-state index in [1.807, 2.05) is 6.08 Å². The summed E-state index contributed by atoms with van der Waals surface area (Å²) in [7, 11) is 0. The molecule has 0 spiro atoms. The maximum absolute atomic E-state index is 12.5. The Hall–Kier alpha value is -1.49. The molecule has 0 unspecified atom stereocenters. The summed E-state index contributed by atoms with van der Waals surface area (Å²) in [5, 5.41) is 7.68. The average Bonchev–Trinajstić information content (AvgIpc) is 3.15. The molecule has 1 heterocycles. The van der Waals surface area contributed by atoms with Crippen molar-refractivity contribution in [2.75, 3.05) is 13.1 Å². The monoisotopic (exact) mass is 440 g/mol. The molecule has 0 aromatic heterocycles. The Kier molecular flexibility index (Phi) is 5.84. The van der Waals surface area contributed by atoms with Crippen LogP contribution in [0.2, 0.25) is 0 Å². The zero-order chi connectivity index (χ0) is 22.5. The van der Waals surface area contributed by atoms with Crippen molar-refractivity contribution in [3.05, 3.63) is 11.6 Å². The third-order valence-corrected chi connectivity index (χ3v) is 10.4. The van der Waals surface area contributed by atoms with Gasteiger partial charge in [0.2, 0.25) is 0 Å². The molecule has 4 aliphatic carbocycles. The van der Waals surface area contributed by atoms with Crippen molar-refractivity contribution < 1.29 is 14.4 Å². The van der Waals surface area contributed by atoms with Crippen LogP contribution in [-0.4, -0.2) is 30.6 Å². The van der Waals surface area contributed by atoms with Gasteiger partial charge in [-0.25, -0.2) is 4.79 Å². The summed E-state index contributed by atoms with van der Waals surface area (Å²) in [5.41, 5.74) is 2.92. The number of piperidine rings is 1. The van der Waals surface area contributed by atoms with Crippen LogP contribution >= 0.6 is 0 Å². The highest BCUT2D eigenvalue weighted by molar-refractivity contribution is 5.91. The van der Waals surface area contributed by atoms with Crippen molar-refractivity contribution in [1.29, 1.82) is 0 Å². The lowest BCUT2D eigenvalue weighted by Crippen LogP contribution is -2.51. The van der Waals surface area contributed by atoms with E-state index < -0.39 is 0 Å². The van der Waals surface area contributed by atoms with Gasteiger partial charge in [0.1, 0.15) is 0 Å². The molecule has 7 atom stereocenters. The van der Waals surface area contributed by atoms with Crippen LogP contribution in [0, 0.1) is 40.4 Å². The van der Waals surface area contributed by atoms with Gasteiger partial charge in [-0.1, -0.05) is 24.6 Å². The molecule has 1 saturated heterocycles. The number of rotatable bonds is 3. The number of oxime groups is 1. The molecule has 3 saturated carbocycles. The van der Waals surface area contributed by atoms with Crippen molar-refractivity contribution in [2.45, 2.75) is 85.0 Å². The second-order valence-corrected chi connectivity index (χ2v) is 11.8. The molecule has 0 amide bonds. The quantitative estimate of drug-likeness (QED) is 0.379. The summed E-state index contributed by atoms with van der Waals surface area (Å²) in [6.45, 7) is 8.70. The van der Waals surface area contributed by atoms with Gasteiger partial charge >= 0.3 is 5.97 Å². The first-order valence-electron chi connectivity index (χ1n) is 13.0. The van der Waals surface area contributed by atoms with Gasteiger partial charge in [-0.15, -0.1) is 0 Å². The van der Waals surface area contributed by atoms with Gasteiger partial charge in [-0.3, -0.25) is 4.79 Å². The van der Waals surface area contributed by atoms with Crippen LogP contribution in [0.1, 0.15) is 85.0 Å². The van der Waals surface area contributed by atoms with E-state index in [2.05, 4.69) is 31.2 Å². The Morgan fingerprint density at radius 2 is 1.94 bits per heavy atom.